The summed E-state index contributed by atoms with van der Waals surface area (Å²) in [7, 11) is 0. The van der Waals surface area contributed by atoms with E-state index in [0.29, 0.717) is 6.42 Å². The minimum atomic E-state index is -2.70. The second-order valence-electron chi connectivity index (χ2n) is 2.92. The number of hydrogen-bond acceptors (Lipinski definition) is 3. The third kappa shape index (κ3) is 3.86. The molecule has 0 aliphatic carbocycles. The van der Waals surface area contributed by atoms with Crippen LogP contribution in [0.15, 0.2) is 0 Å². The number of hydrogen-bond donors (Lipinski definition) is 3. The molecule has 0 atom stereocenters. The Morgan fingerprint density at radius 1 is 0.938 bits per heavy atom. The molecule has 0 rings (SSSR count). The number of aliphatic carboxylic acids is 3. The highest BCUT2D eigenvalue weighted by Crippen LogP contribution is 2.26. The number of carboxylic acid groups (broad SMARTS) is 3. The molecule has 0 bridgehead atoms. The van der Waals surface area contributed by atoms with E-state index in [0.717, 1.165) is 0 Å². The summed E-state index contributed by atoms with van der Waals surface area (Å²) in [5.41, 5.74) is -2.70. The molecule has 0 unspecified atom stereocenters. The number of carboxylic acids is 3. The maximum Gasteiger partial charge on any atom is 0.332 e. The second kappa shape index (κ2) is 8.18. The lowest BCUT2D eigenvalue weighted by atomic mass is 9.83. The van der Waals surface area contributed by atoms with Gasteiger partial charge in [-0.1, -0.05) is 19.8 Å². The SMILES string of the molecule is CCCCC(C(=O)O)(C(=O)O)C(=O)O.Cl.Cl. The van der Waals surface area contributed by atoms with E-state index < -0.39 is 29.7 Å². The summed E-state index contributed by atoms with van der Waals surface area (Å²) in [6, 6.07) is 0. The van der Waals surface area contributed by atoms with Gasteiger partial charge >= 0.3 is 17.9 Å². The summed E-state index contributed by atoms with van der Waals surface area (Å²) in [6.07, 6.45) is 0.379. The van der Waals surface area contributed by atoms with Crippen molar-refractivity contribution in [3.05, 3.63) is 0 Å². The molecule has 0 spiro atoms. The van der Waals surface area contributed by atoms with Crippen molar-refractivity contribution >= 4 is 42.7 Å². The number of halogens is 2. The van der Waals surface area contributed by atoms with Crippen molar-refractivity contribution in [1.82, 2.24) is 0 Å². The first kappa shape index (κ1) is 20.4. The molecule has 0 aliphatic rings. The van der Waals surface area contributed by atoms with E-state index >= 15 is 0 Å². The molecule has 0 radical (unpaired) electrons. The zero-order valence-electron chi connectivity index (χ0n) is 8.50. The summed E-state index contributed by atoms with van der Waals surface area (Å²) >= 11 is 0. The summed E-state index contributed by atoms with van der Waals surface area (Å²) in [5, 5.41) is 25.9. The second-order valence-corrected chi connectivity index (χ2v) is 2.92. The Labute approximate surface area is 104 Å². The van der Waals surface area contributed by atoms with Crippen LogP contribution in [0.1, 0.15) is 26.2 Å². The van der Waals surface area contributed by atoms with Crippen LogP contribution in [-0.2, 0) is 14.4 Å². The Morgan fingerprint density at radius 3 is 1.44 bits per heavy atom. The molecule has 96 valence electrons. The molecule has 0 aromatic rings. The number of rotatable bonds is 6. The molecule has 0 saturated carbocycles. The first-order valence-electron chi connectivity index (χ1n) is 4.09. The highest BCUT2D eigenvalue weighted by molar-refractivity contribution is 6.16. The van der Waals surface area contributed by atoms with Gasteiger partial charge < -0.3 is 15.3 Å². The van der Waals surface area contributed by atoms with Gasteiger partial charge in [-0.25, -0.2) is 0 Å². The van der Waals surface area contributed by atoms with E-state index in [1.807, 2.05) is 0 Å². The third-order valence-corrected chi connectivity index (χ3v) is 2.00. The molecule has 6 nitrogen and oxygen atoms in total. The van der Waals surface area contributed by atoms with E-state index in [9.17, 15) is 14.4 Å². The highest BCUT2D eigenvalue weighted by atomic mass is 35.5. The summed E-state index contributed by atoms with van der Waals surface area (Å²) in [6.45, 7) is 1.72. The molecule has 0 aromatic carbocycles. The van der Waals surface area contributed by atoms with Crippen LogP contribution in [0.25, 0.3) is 0 Å². The molecule has 3 N–H and O–H groups in total. The van der Waals surface area contributed by atoms with Crippen molar-refractivity contribution in [1.29, 1.82) is 0 Å². The molecule has 0 aromatic heterocycles. The van der Waals surface area contributed by atoms with Gasteiger partial charge in [0.25, 0.3) is 5.41 Å². The molecule has 0 fully saturated rings. The van der Waals surface area contributed by atoms with Crippen LogP contribution in [0.4, 0.5) is 0 Å². The summed E-state index contributed by atoms with van der Waals surface area (Å²) in [4.78, 5) is 31.9. The van der Waals surface area contributed by atoms with Crippen LogP contribution in [0.5, 0.6) is 0 Å². The molecule has 16 heavy (non-hydrogen) atoms. The standard InChI is InChI=1S/C8H12O6.2ClH/c1-2-3-4-8(5(9)10,6(11)12)7(13)14;;/h2-4H2,1H3,(H,9,10)(H,11,12)(H,13,14);2*1H. The molecule has 0 heterocycles. The fourth-order valence-corrected chi connectivity index (χ4v) is 1.04. The van der Waals surface area contributed by atoms with Gasteiger partial charge in [0, 0.05) is 0 Å². The monoisotopic (exact) mass is 276 g/mol. The average molecular weight is 277 g/mol. The molecular formula is C8H14Cl2O6. The fourth-order valence-electron chi connectivity index (χ4n) is 1.04. The number of unbranched alkanes of at least 4 members (excludes halogenated alkanes) is 1. The van der Waals surface area contributed by atoms with Gasteiger partial charge in [-0.05, 0) is 6.42 Å². The molecule has 0 amide bonds. The molecular weight excluding hydrogens is 263 g/mol. The fraction of sp³-hybridized carbons (Fsp3) is 0.625. The Hall–Kier alpha value is -1.01. The van der Waals surface area contributed by atoms with Crippen LogP contribution < -0.4 is 0 Å². The minimum absolute atomic E-state index is 0. The topological polar surface area (TPSA) is 112 Å². The van der Waals surface area contributed by atoms with Crippen molar-refractivity contribution in [3.8, 4) is 0 Å². The van der Waals surface area contributed by atoms with Crippen LogP contribution in [0.2, 0.25) is 0 Å². The van der Waals surface area contributed by atoms with Crippen LogP contribution in [-0.4, -0.2) is 33.2 Å². The zero-order chi connectivity index (χ0) is 11.4. The Morgan fingerprint density at radius 2 is 1.25 bits per heavy atom. The van der Waals surface area contributed by atoms with E-state index in [2.05, 4.69) is 0 Å². The largest absolute Gasteiger partial charge is 0.480 e. The van der Waals surface area contributed by atoms with E-state index in [1.54, 1.807) is 6.92 Å². The van der Waals surface area contributed by atoms with Gasteiger partial charge in [-0.15, -0.1) is 24.8 Å². The predicted molar refractivity (Wildman–Crippen MR) is 59.4 cm³/mol. The van der Waals surface area contributed by atoms with Gasteiger partial charge in [-0.3, -0.25) is 14.4 Å². The maximum absolute atomic E-state index is 10.6. The molecule has 8 heteroatoms. The zero-order valence-corrected chi connectivity index (χ0v) is 10.1. The van der Waals surface area contributed by atoms with Gasteiger partial charge in [0.15, 0.2) is 0 Å². The van der Waals surface area contributed by atoms with Crippen molar-refractivity contribution in [2.45, 2.75) is 26.2 Å². The quantitative estimate of drug-likeness (QED) is 0.630. The Balaban J connectivity index is -0.000000845. The highest BCUT2D eigenvalue weighted by Gasteiger charge is 2.53. The van der Waals surface area contributed by atoms with E-state index in [-0.39, 0.29) is 31.2 Å². The van der Waals surface area contributed by atoms with Crippen molar-refractivity contribution in [3.63, 3.8) is 0 Å². The summed E-state index contributed by atoms with van der Waals surface area (Å²) < 4.78 is 0. The van der Waals surface area contributed by atoms with Crippen molar-refractivity contribution in [2.75, 3.05) is 0 Å². The minimum Gasteiger partial charge on any atom is -0.480 e. The lowest BCUT2D eigenvalue weighted by molar-refractivity contribution is -0.176. The normalized spacial score (nSPS) is 9.56. The lowest BCUT2D eigenvalue weighted by Gasteiger charge is -2.19. The van der Waals surface area contributed by atoms with Gasteiger partial charge in [0.05, 0.1) is 0 Å². The maximum atomic E-state index is 10.6. The van der Waals surface area contributed by atoms with E-state index in [4.69, 9.17) is 15.3 Å². The molecule has 0 aliphatic heterocycles. The summed E-state index contributed by atoms with van der Waals surface area (Å²) in [5.74, 6) is -5.48. The van der Waals surface area contributed by atoms with Gasteiger partial charge in [0.1, 0.15) is 0 Å². The van der Waals surface area contributed by atoms with Crippen LogP contribution >= 0.6 is 24.8 Å². The predicted octanol–water partition coefficient (Wildman–Crippen LogP) is 1.26. The van der Waals surface area contributed by atoms with Crippen molar-refractivity contribution in [2.24, 2.45) is 5.41 Å². The van der Waals surface area contributed by atoms with Gasteiger partial charge in [0.2, 0.25) is 0 Å². The molecule has 0 saturated heterocycles. The van der Waals surface area contributed by atoms with Gasteiger partial charge in [-0.2, -0.15) is 0 Å². The van der Waals surface area contributed by atoms with Crippen molar-refractivity contribution < 1.29 is 29.7 Å². The lowest BCUT2D eigenvalue weighted by Crippen LogP contribution is -2.46. The first-order valence-corrected chi connectivity index (χ1v) is 4.09. The third-order valence-electron chi connectivity index (χ3n) is 2.00. The van der Waals surface area contributed by atoms with Crippen LogP contribution in [0.3, 0.4) is 0 Å². The smallest absolute Gasteiger partial charge is 0.332 e. The Bertz CT molecular complexity index is 229. The first-order chi connectivity index (χ1) is 6.39. The Kier molecular flexibility index (Phi) is 10.4. The van der Waals surface area contributed by atoms with E-state index in [1.165, 1.54) is 0 Å². The number of carbonyl (C=O) groups is 3. The van der Waals surface area contributed by atoms with Crippen LogP contribution in [0, 0.1) is 5.41 Å². The average Bonchev–Trinajstić information content (AvgIpc) is 2.03.